The fourth-order valence-electron chi connectivity index (χ4n) is 2.58. The lowest BCUT2D eigenvalue weighted by molar-refractivity contribution is 0.582. The van der Waals surface area contributed by atoms with E-state index in [0.29, 0.717) is 5.92 Å². The van der Waals surface area contributed by atoms with E-state index in [4.69, 9.17) is 0 Å². The van der Waals surface area contributed by atoms with Crippen molar-refractivity contribution in [1.82, 2.24) is 5.32 Å². The number of benzene rings is 2. The Morgan fingerprint density at radius 1 is 1.00 bits per heavy atom. The summed E-state index contributed by atoms with van der Waals surface area (Å²) < 4.78 is 13.4. The summed E-state index contributed by atoms with van der Waals surface area (Å²) in [4.78, 5) is 0. The molecule has 2 aromatic rings. The van der Waals surface area contributed by atoms with Crippen molar-refractivity contribution in [2.24, 2.45) is 0 Å². The molecule has 0 amide bonds. The highest BCUT2D eigenvalue weighted by atomic mass is 19.1. The minimum atomic E-state index is -0.166. The van der Waals surface area contributed by atoms with Crippen LogP contribution in [0, 0.1) is 12.7 Å². The normalized spacial score (nSPS) is 12.7. The molecule has 2 aromatic carbocycles. The molecule has 0 radical (unpaired) electrons. The van der Waals surface area contributed by atoms with E-state index in [-0.39, 0.29) is 11.9 Å². The van der Waals surface area contributed by atoms with Crippen LogP contribution in [-0.2, 0) is 6.42 Å². The van der Waals surface area contributed by atoms with Crippen molar-refractivity contribution < 1.29 is 4.39 Å². The molecule has 0 spiro atoms. The van der Waals surface area contributed by atoms with Gasteiger partial charge in [-0.2, -0.15) is 0 Å². The van der Waals surface area contributed by atoms with Crippen LogP contribution < -0.4 is 5.32 Å². The van der Waals surface area contributed by atoms with Gasteiger partial charge in [0, 0.05) is 6.04 Å². The van der Waals surface area contributed by atoms with E-state index in [1.165, 1.54) is 17.2 Å². The average molecular weight is 285 g/mol. The third-order valence-corrected chi connectivity index (χ3v) is 4.09. The van der Waals surface area contributed by atoms with Crippen LogP contribution in [0.2, 0.25) is 0 Å². The van der Waals surface area contributed by atoms with Crippen molar-refractivity contribution >= 4 is 0 Å². The van der Waals surface area contributed by atoms with Crippen molar-refractivity contribution in [3.05, 3.63) is 70.5 Å². The number of likely N-dealkylation sites (N-methyl/N-ethyl adjacent to an activating group) is 1. The molecule has 0 aliphatic rings. The number of nitrogens with one attached hydrogen (secondary N) is 1. The molecule has 0 saturated heterocycles. The van der Waals surface area contributed by atoms with Crippen molar-refractivity contribution in [3.63, 3.8) is 0 Å². The second-order valence-corrected chi connectivity index (χ2v) is 5.94. The first kappa shape index (κ1) is 15.7. The van der Waals surface area contributed by atoms with E-state index in [1.807, 2.05) is 20.0 Å². The predicted octanol–water partition coefficient (Wildman–Crippen LogP) is 4.76. The molecule has 0 saturated carbocycles. The maximum atomic E-state index is 13.4. The Bertz CT molecular complexity index is 587. The Labute approximate surface area is 127 Å². The van der Waals surface area contributed by atoms with Crippen LogP contribution in [-0.4, -0.2) is 7.05 Å². The summed E-state index contributed by atoms with van der Waals surface area (Å²) in [6.07, 6.45) is 0.793. The second-order valence-electron chi connectivity index (χ2n) is 5.94. The van der Waals surface area contributed by atoms with E-state index in [0.717, 1.165) is 17.5 Å². The lowest BCUT2D eigenvalue weighted by atomic mass is 9.94. The highest BCUT2D eigenvalue weighted by Gasteiger charge is 2.12. The number of hydrogen-bond donors (Lipinski definition) is 1. The van der Waals surface area contributed by atoms with Gasteiger partial charge in [0.15, 0.2) is 0 Å². The van der Waals surface area contributed by atoms with Crippen LogP contribution >= 0.6 is 0 Å². The van der Waals surface area contributed by atoms with Gasteiger partial charge in [-0.1, -0.05) is 44.2 Å². The molecule has 1 unspecified atom stereocenters. The minimum absolute atomic E-state index is 0.166. The van der Waals surface area contributed by atoms with E-state index in [9.17, 15) is 4.39 Å². The predicted molar refractivity (Wildman–Crippen MR) is 87.2 cm³/mol. The molecule has 0 aliphatic heterocycles. The smallest absolute Gasteiger partial charge is 0.123 e. The van der Waals surface area contributed by atoms with Gasteiger partial charge in [0.2, 0.25) is 0 Å². The van der Waals surface area contributed by atoms with E-state index < -0.39 is 0 Å². The maximum Gasteiger partial charge on any atom is 0.123 e. The summed E-state index contributed by atoms with van der Waals surface area (Å²) in [5.41, 5.74) is 4.78. The van der Waals surface area contributed by atoms with Crippen molar-refractivity contribution in [1.29, 1.82) is 0 Å². The van der Waals surface area contributed by atoms with Crippen LogP contribution in [0.1, 0.15) is 48.1 Å². The van der Waals surface area contributed by atoms with Crippen molar-refractivity contribution in [3.8, 4) is 0 Å². The van der Waals surface area contributed by atoms with Gasteiger partial charge < -0.3 is 5.32 Å². The van der Waals surface area contributed by atoms with Gasteiger partial charge in [0.25, 0.3) is 0 Å². The van der Waals surface area contributed by atoms with Gasteiger partial charge >= 0.3 is 0 Å². The van der Waals surface area contributed by atoms with Gasteiger partial charge in [-0.25, -0.2) is 4.39 Å². The summed E-state index contributed by atoms with van der Waals surface area (Å²) in [7, 11) is 1.95. The molecule has 2 rings (SSSR count). The zero-order chi connectivity index (χ0) is 15.4. The zero-order valence-electron chi connectivity index (χ0n) is 13.3. The third kappa shape index (κ3) is 3.92. The topological polar surface area (TPSA) is 12.0 Å². The molecular weight excluding hydrogens is 261 g/mol. The van der Waals surface area contributed by atoms with Crippen LogP contribution in [0.5, 0.6) is 0 Å². The minimum Gasteiger partial charge on any atom is -0.313 e. The average Bonchev–Trinajstić information content (AvgIpc) is 2.48. The zero-order valence-corrected chi connectivity index (χ0v) is 13.3. The molecule has 0 bridgehead atoms. The fraction of sp³-hybridized carbons (Fsp3) is 0.368. The van der Waals surface area contributed by atoms with E-state index >= 15 is 0 Å². The number of hydrogen-bond acceptors (Lipinski definition) is 1. The molecule has 1 nitrogen and oxygen atoms in total. The molecule has 0 heterocycles. The van der Waals surface area contributed by atoms with Crippen LogP contribution in [0.4, 0.5) is 4.39 Å². The standard InChI is InChI=1S/C19H24FN/c1-13(2)15-6-8-16(9-7-15)19(21-4)12-17-11-18(20)10-5-14(17)3/h5-11,13,19,21H,12H2,1-4H3. The van der Waals surface area contributed by atoms with E-state index in [2.05, 4.69) is 43.4 Å². The molecule has 2 heteroatoms. The second kappa shape index (κ2) is 6.86. The summed E-state index contributed by atoms with van der Waals surface area (Å²) in [5, 5.41) is 3.34. The Morgan fingerprint density at radius 2 is 1.62 bits per heavy atom. The Balaban J connectivity index is 2.21. The van der Waals surface area contributed by atoms with Gasteiger partial charge in [-0.15, -0.1) is 0 Å². The van der Waals surface area contributed by atoms with Gasteiger partial charge in [-0.3, -0.25) is 0 Å². The summed E-state index contributed by atoms with van der Waals surface area (Å²) in [5.74, 6) is 0.373. The molecule has 0 aliphatic carbocycles. The molecule has 21 heavy (non-hydrogen) atoms. The molecule has 1 atom stereocenters. The SMILES string of the molecule is CNC(Cc1cc(F)ccc1C)c1ccc(C(C)C)cc1. The van der Waals surface area contributed by atoms with E-state index in [1.54, 1.807) is 6.07 Å². The molecule has 0 fully saturated rings. The summed E-state index contributed by atoms with van der Waals surface area (Å²) in [6.45, 7) is 6.42. The highest BCUT2D eigenvalue weighted by Crippen LogP contribution is 2.23. The lowest BCUT2D eigenvalue weighted by Crippen LogP contribution is -2.19. The molecule has 1 N–H and O–H groups in total. The third-order valence-electron chi connectivity index (χ3n) is 4.09. The van der Waals surface area contributed by atoms with Gasteiger partial charge in [0.1, 0.15) is 5.82 Å². The largest absolute Gasteiger partial charge is 0.313 e. The number of aryl methyl sites for hydroxylation is 1. The van der Waals surface area contributed by atoms with Crippen molar-refractivity contribution in [2.75, 3.05) is 7.05 Å². The number of halogens is 1. The first-order chi connectivity index (χ1) is 10.0. The molecule has 112 valence electrons. The Hall–Kier alpha value is -1.67. The number of rotatable bonds is 5. The fourth-order valence-corrected chi connectivity index (χ4v) is 2.58. The van der Waals surface area contributed by atoms with Gasteiger partial charge in [0.05, 0.1) is 0 Å². The highest BCUT2D eigenvalue weighted by molar-refractivity contribution is 5.31. The van der Waals surface area contributed by atoms with Crippen LogP contribution in [0.15, 0.2) is 42.5 Å². The monoisotopic (exact) mass is 285 g/mol. The van der Waals surface area contributed by atoms with Crippen molar-refractivity contribution in [2.45, 2.75) is 39.2 Å². The summed E-state index contributed by atoms with van der Waals surface area (Å²) in [6, 6.07) is 13.9. The maximum absolute atomic E-state index is 13.4. The Morgan fingerprint density at radius 3 is 2.19 bits per heavy atom. The first-order valence-corrected chi connectivity index (χ1v) is 7.53. The lowest BCUT2D eigenvalue weighted by Gasteiger charge is -2.19. The Kier molecular flexibility index (Phi) is 5.13. The molecule has 0 aromatic heterocycles. The quantitative estimate of drug-likeness (QED) is 0.835. The van der Waals surface area contributed by atoms with Crippen LogP contribution in [0.3, 0.4) is 0 Å². The summed E-state index contributed by atoms with van der Waals surface area (Å²) >= 11 is 0. The van der Waals surface area contributed by atoms with Gasteiger partial charge in [-0.05, 0) is 60.7 Å². The van der Waals surface area contributed by atoms with Crippen LogP contribution in [0.25, 0.3) is 0 Å². The first-order valence-electron chi connectivity index (χ1n) is 7.53. The molecular formula is C19H24FN.